The maximum atomic E-state index is 6.84. The minimum atomic E-state index is 0.936. The molecule has 160 valence electrons. The molecule has 0 fully saturated rings. The van der Waals surface area contributed by atoms with E-state index in [4.69, 9.17) is 4.42 Å². The molecule has 0 spiro atoms. The van der Waals surface area contributed by atoms with E-state index in [1.165, 1.54) is 32.7 Å². The normalized spacial score (nSPS) is 11.7. The van der Waals surface area contributed by atoms with Crippen LogP contribution in [-0.2, 0) is 0 Å². The molecule has 0 bridgehead atoms. The van der Waals surface area contributed by atoms with Crippen molar-refractivity contribution in [2.24, 2.45) is 0 Å². The molecule has 0 aliphatic heterocycles. The second-order valence-electron chi connectivity index (χ2n) is 8.64. The summed E-state index contributed by atoms with van der Waals surface area (Å²) in [6, 6.07) is 40.8. The van der Waals surface area contributed by atoms with Gasteiger partial charge in [0.1, 0.15) is 11.2 Å². The molecular weight excluding hydrogens is 480 g/mol. The minimum Gasteiger partial charge on any atom is -0.455 e. The largest absolute Gasteiger partial charge is 0.455 e. The Labute approximate surface area is 205 Å². The molecule has 0 atom stereocenters. The Balaban J connectivity index is 1.77. The fraction of sp³-hybridized carbons (Fsp3) is 0. The average Bonchev–Trinajstić information content (AvgIpc) is 3.28. The van der Waals surface area contributed by atoms with Gasteiger partial charge in [-0.15, -0.1) is 0 Å². The smallest absolute Gasteiger partial charge is 0.144 e. The zero-order valence-corrected chi connectivity index (χ0v) is 19.8. The third-order valence-electron chi connectivity index (χ3n) is 6.72. The van der Waals surface area contributed by atoms with Crippen LogP contribution in [0.4, 0.5) is 0 Å². The molecule has 0 N–H and O–H groups in total. The van der Waals surface area contributed by atoms with E-state index in [1.807, 2.05) is 0 Å². The first-order valence-corrected chi connectivity index (χ1v) is 12.2. The van der Waals surface area contributed by atoms with Gasteiger partial charge in [-0.2, -0.15) is 0 Å². The van der Waals surface area contributed by atoms with E-state index >= 15 is 0 Å². The van der Waals surface area contributed by atoms with Gasteiger partial charge in [0.15, 0.2) is 0 Å². The van der Waals surface area contributed by atoms with Crippen LogP contribution in [0.25, 0.3) is 65.7 Å². The first-order valence-electron chi connectivity index (χ1n) is 11.4. The standard InChI is InChI=1S/C32H19BrO/c33-23-17-14-22(15-18-23)29-26-13-7-6-12-25(26)28(21-9-2-1-3-10-21)30-27-19-16-20-8-4-5-11-24(20)31(27)34-32(29)30/h1-19H. The summed E-state index contributed by atoms with van der Waals surface area (Å²) >= 11 is 3.59. The summed E-state index contributed by atoms with van der Waals surface area (Å²) < 4.78 is 7.90. The Morgan fingerprint density at radius 3 is 1.82 bits per heavy atom. The first kappa shape index (κ1) is 19.6. The van der Waals surface area contributed by atoms with Crippen molar-refractivity contribution in [2.75, 3.05) is 0 Å². The van der Waals surface area contributed by atoms with E-state index in [0.29, 0.717) is 0 Å². The lowest BCUT2D eigenvalue weighted by Gasteiger charge is -2.14. The van der Waals surface area contributed by atoms with Crippen LogP contribution in [0, 0.1) is 0 Å². The summed E-state index contributed by atoms with van der Waals surface area (Å²) in [6.45, 7) is 0. The number of halogens is 1. The van der Waals surface area contributed by atoms with Crippen molar-refractivity contribution in [2.45, 2.75) is 0 Å². The van der Waals surface area contributed by atoms with Crippen LogP contribution in [0.1, 0.15) is 0 Å². The summed E-state index contributed by atoms with van der Waals surface area (Å²) in [4.78, 5) is 0. The van der Waals surface area contributed by atoms with Gasteiger partial charge in [0, 0.05) is 31.8 Å². The van der Waals surface area contributed by atoms with Crippen molar-refractivity contribution in [1.29, 1.82) is 0 Å². The molecule has 6 aromatic carbocycles. The van der Waals surface area contributed by atoms with Gasteiger partial charge < -0.3 is 4.42 Å². The molecule has 0 aliphatic carbocycles. The maximum absolute atomic E-state index is 6.84. The van der Waals surface area contributed by atoms with Crippen molar-refractivity contribution in [3.05, 3.63) is 120 Å². The topological polar surface area (TPSA) is 13.1 Å². The van der Waals surface area contributed by atoms with Gasteiger partial charge in [-0.1, -0.05) is 113 Å². The summed E-state index contributed by atoms with van der Waals surface area (Å²) in [5.41, 5.74) is 6.58. The number of benzene rings is 6. The summed E-state index contributed by atoms with van der Waals surface area (Å²) in [5.74, 6) is 0. The molecule has 0 saturated carbocycles. The second kappa shape index (κ2) is 7.58. The number of hydrogen-bond acceptors (Lipinski definition) is 1. The fourth-order valence-corrected chi connectivity index (χ4v) is 5.50. The second-order valence-corrected chi connectivity index (χ2v) is 9.55. The van der Waals surface area contributed by atoms with E-state index in [-0.39, 0.29) is 0 Å². The maximum Gasteiger partial charge on any atom is 0.144 e. The quantitative estimate of drug-likeness (QED) is 0.231. The highest BCUT2D eigenvalue weighted by Crippen LogP contribution is 2.48. The van der Waals surface area contributed by atoms with E-state index in [1.54, 1.807) is 0 Å². The Morgan fingerprint density at radius 1 is 0.441 bits per heavy atom. The zero-order chi connectivity index (χ0) is 22.6. The summed E-state index contributed by atoms with van der Waals surface area (Å²) in [6.07, 6.45) is 0. The SMILES string of the molecule is Brc1ccc(-c2c3ccccc3c(-c3ccccc3)c3c2oc2c4ccccc4ccc23)cc1. The molecule has 0 amide bonds. The molecule has 1 heterocycles. The highest BCUT2D eigenvalue weighted by Gasteiger charge is 2.22. The van der Waals surface area contributed by atoms with Crippen LogP contribution in [0.3, 0.4) is 0 Å². The Bertz CT molecular complexity index is 1840. The lowest BCUT2D eigenvalue weighted by atomic mass is 9.88. The third-order valence-corrected chi connectivity index (χ3v) is 7.25. The molecule has 1 aromatic heterocycles. The molecule has 0 radical (unpaired) electrons. The predicted octanol–water partition coefficient (Wildman–Crippen LogP) is 9.99. The Kier molecular flexibility index (Phi) is 4.36. The number of hydrogen-bond donors (Lipinski definition) is 0. The monoisotopic (exact) mass is 498 g/mol. The van der Waals surface area contributed by atoms with Crippen LogP contribution < -0.4 is 0 Å². The van der Waals surface area contributed by atoms with Gasteiger partial charge in [-0.25, -0.2) is 0 Å². The molecular formula is C32H19BrO. The summed E-state index contributed by atoms with van der Waals surface area (Å²) in [5, 5.41) is 7.07. The van der Waals surface area contributed by atoms with Gasteiger partial charge >= 0.3 is 0 Å². The van der Waals surface area contributed by atoms with Crippen molar-refractivity contribution in [3.8, 4) is 22.3 Å². The molecule has 0 unspecified atom stereocenters. The molecule has 2 heteroatoms. The third kappa shape index (κ3) is 2.85. The van der Waals surface area contributed by atoms with Crippen LogP contribution in [-0.4, -0.2) is 0 Å². The van der Waals surface area contributed by atoms with E-state index in [9.17, 15) is 0 Å². The minimum absolute atomic E-state index is 0.936. The lowest BCUT2D eigenvalue weighted by molar-refractivity contribution is 0.674. The van der Waals surface area contributed by atoms with Gasteiger partial charge in [0.05, 0.1) is 0 Å². The molecule has 0 saturated heterocycles. The predicted molar refractivity (Wildman–Crippen MR) is 147 cm³/mol. The van der Waals surface area contributed by atoms with Crippen LogP contribution in [0.2, 0.25) is 0 Å². The molecule has 1 nitrogen and oxygen atoms in total. The van der Waals surface area contributed by atoms with E-state index in [2.05, 4.69) is 131 Å². The molecule has 0 aliphatic rings. The van der Waals surface area contributed by atoms with Crippen LogP contribution in [0.15, 0.2) is 124 Å². The first-order chi connectivity index (χ1) is 16.8. The highest BCUT2D eigenvalue weighted by molar-refractivity contribution is 9.10. The zero-order valence-electron chi connectivity index (χ0n) is 18.3. The number of furan rings is 1. The Hall–Kier alpha value is -3.88. The van der Waals surface area contributed by atoms with Gasteiger partial charge in [-0.3, -0.25) is 0 Å². The van der Waals surface area contributed by atoms with Crippen LogP contribution >= 0.6 is 15.9 Å². The number of rotatable bonds is 2. The van der Waals surface area contributed by atoms with Crippen molar-refractivity contribution in [3.63, 3.8) is 0 Å². The molecule has 7 rings (SSSR count). The summed E-state index contributed by atoms with van der Waals surface area (Å²) in [7, 11) is 0. The molecule has 34 heavy (non-hydrogen) atoms. The van der Waals surface area contributed by atoms with Crippen molar-refractivity contribution >= 4 is 59.4 Å². The number of fused-ring (bicyclic) bond motifs is 6. The van der Waals surface area contributed by atoms with Gasteiger partial charge in [0.2, 0.25) is 0 Å². The van der Waals surface area contributed by atoms with E-state index in [0.717, 1.165) is 37.5 Å². The van der Waals surface area contributed by atoms with E-state index < -0.39 is 0 Å². The van der Waals surface area contributed by atoms with Gasteiger partial charge in [0.25, 0.3) is 0 Å². The highest BCUT2D eigenvalue weighted by atomic mass is 79.9. The lowest BCUT2D eigenvalue weighted by Crippen LogP contribution is -1.88. The Morgan fingerprint density at radius 2 is 1.06 bits per heavy atom. The average molecular weight is 499 g/mol. The fourth-order valence-electron chi connectivity index (χ4n) is 5.23. The van der Waals surface area contributed by atoms with Crippen LogP contribution in [0.5, 0.6) is 0 Å². The van der Waals surface area contributed by atoms with Crippen molar-refractivity contribution < 1.29 is 4.42 Å². The molecule has 7 aromatic rings. The van der Waals surface area contributed by atoms with Crippen molar-refractivity contribution in [1.82, 2.24) is 0 Å². The van der Waals surface area contributed by atoms with Gasteiger partial charge in [-0.05, 0) is 45.5 Å².